The molecule has 0 aromatic heterocycles. The van der Waals surface area contributed by atoms with Gasteiger partial charge in [-0.1, -0.05) is 20.8 Å². The van der Waals surface area contributed by atoms with Crippen LogP contribution >= 0.6 is 0 Å². The lowest BCUT2D eigenvalue weighted by molar-refractivity contribution is -0.0472. The molecule has 1 aliphatic rings. The number of alkyl halides is 1. The van der Waals surface area contributed by atoms with Gasteiger partial charge in [-0.05, 0) is 24.2 Å². The second kappa shape index (κ2) is 5.97. The van der Waals surface area contributed by atoms with Crippen LogP contribution in [0.4, 0.5) is 4.39 Å². The molecule has 3 unspecified atom stereocenters. The smallest absolute Gasteiger partial charge is 0.106 e. The molecule has 3 atom stereocenters. The first-order valence-corrected chi connectivity index (χ1v) is 6.19. The molecule has 1 saturated carbocycles. The topological polar surface area (TPSA) is 18.5 Å². The van der Waals surface area contributed by atoms with Crippen LogP contribution in [-0.2, 0) is 9.47 Å². The monoisotopic (exact) mass is 232 g/mol. The summed E-state index contributed by atoms with van der Waals surface area (Å²) in [6.45, 7) is 7.54. The average molecular weight is 232 g/mol. The molecule has 0 saturated heterocycles. The van der Waals surface area contributed by atoms with Crippen LogP contribution in [0.2, 0.25) is 0 Å². The molecule has 0 bridgehead atoms. The molecule has 0 aliphatic heterocycles. The van der Waals surface area contributed by atoms with Gasteiger partial charge in [0.15, 0.2) is 0 Å². The van der Waals surface area contributed by atoms with Crippen molar-refractivity contribution in [2.45, 2.75) is 52.3 Å². The van der Waals surface area contributed by atoms with Crippen molar-refractivity contribution in [2.24, 2.45) is 11.3 Å². The van der Waals surface area contributed by atoms with Crippen LogP contribution in [0.25, 0.3) is 0 Å². The molecule has 0 spiro atoms. The van der Waals surface area contributed by atoms with Gasteiger partial charge in [0.25, 0.3) is 0 Å². The van der Waals surface area contributed by atoms with E-state index in [-0.39, 0.29) is 17.4 Å². The molecule has 0 radical (unpaired) electrons. The number of rotatable bonds is 4. The lowest BCUT2D eigenvalue weighted by Gasteiger charge is -2.39. The van der Waals surface area contributed by atoms with E-state index in [1.807, 2.05) is 0 Å². The van der Waals surface area contributed by atoms with E-state index in [0.717, 1.165) is 12.8 Å². The summed E-state index contributed by atoms with van der Waals surface area (Å²) in [7, 11) is 1.65. The minimum absolute atomic E-state index is 0.0664. The molecule has 0 amide bonds. The Morgan fingerprint density at radius 2 is 1.88 bits per heavy atom. The molecule has 2 nitrogen and oxygen atoms in total. The van der Waals surface area contributed by atoms with E-state index in [9.17, 15) is 4.39 Å². The third kappa shape index (κ3) is 4.02. The third-order valence-corrected chi connectivity index (χ3v) is 3.48. The normalized spacial score (nSPS) is 31.7. The molecule has 0 aromatic rings. The summed E-state index contributed by atoms with van der Waals surface area (Å²) < 4.78 is 24.5. The zero-order valence-electron chi connectivity index (χ0n) is 11.0. The summed E-state index contributed by atoms with van der Waals surface area (Å²) in [5.74, 6) is 0.176. The lowest BCUT2D eigenvalue weighted by atomic mass is 9.71. The first kappa shape index (κ1) is 13.9. The molecule has 0 heterocycles. The Bertz CT molecular complexity index is 201. The second-order valence-corrected chi connectivity index (χ2v) is 5.79. The first-order valence-electron chi connectivity index (χ1n) is 6.19. The number of hydrogen-bond acceptors (Lipinski definition) is 2. The first-order chi connectivity index (χ1) is 7.45. The number of methoxy groups -OCH3 is 1. The molecule has 96 valence electrons. The molecule has 1 aliphatic carbocycles. The van der Waals surface area contributed by atoms with Gasteiger partial charge < -0.3 is 9.47 Å². The fourth-order valence-electron chi connectivity index (χ4n) is 2.50. The predicted molar refractivity (Wildman–Crippen MR) is 63.3 cm³/mol. The van der Waals surface area contributed by atoms with E-state index in [1.165, 1.54) is 0 Å². The summed E-state index contributed by atoms with van der Waals surface area (Å²) in [6.07, 6.45) is 1.82. The molecular weight excluding hydrogens is 207 g/mol. The molecule has 3 heteroatoms. The van der Waals surface area contributed by atoms with Crippen LogP contribution in [0.3, 0.4) is 0 Å². The quantitative estimate of drug-likeness (QED) is 0.693. The Labute approximate surface area is 98.5 Å². The highest BCUT2D eigenvalue weighted by atomic mass is 19.1. The summed E-state index contributed by atoms with van der Waals surface area (Å²) in [5, 5.41) is 0. The molecule has 0 aromatic carbocycles. The van der Waals surface area contributed by atoms with Gasteiger partial charge >= 0.3 is 0 Å². The summed E-state index contributed by atoms with van der Waals surface area (Å²) in [6, 6.07) is 0. The van der Waals surface area contributed by atoms with Crippen molar-refractivity contribution in [3.05, 3.63) is 0 Å². The van der Waals surface area contributed by atoms with E-state index in [0.29, 0.717) is 19.6 Å². The maximum absolute atomic E-state index is 14.0. The van der Waals surface area contributed by atoms with Gasteiger partial charge in [0.05, 0.1) is 19.3 Å². The van der Waals surface area contributed by atoms with Crippen molar-refractivity contribution in [3.8, 4) is 0 Å². The van der Waals surface area contributed by atoms with Crippen molar-refractivity contribution in [3.63, 3.8) is 0 Å². The van der Waals surface area contributed by atoms with Crippen molar-refractivity contribution in [1.29, 1.82) is 0 Å². The minimum Gasteiger partial charge on any atom is -0.382 e. The van der Waals surface area contributed by atoms with E-state index in [1.54, 1.807) is 7.11 Å². The highest BCUT2D eigenvalue weighted by Gasteiger charge is 2.37. The largest absolute Gasteiger partial charge is 0.382 e. The molecule has 0 N–H and O–H groups in total. The Morgan fingerprint density at radius 1 is 1.19 bits per heavy atom. The van der Waals surface area contributed by atoms with Gasteiger partial charge in [0, 0.05) is 13.5 Å². The molecule has 1 fully saturated rings. The minimum atomic E-state index is -0.721. The predicted octanol–water partition coefficient (Wildman–Crippen LogP) is 3.20. The Kier molecular flexibility index (Phi) is 5.19. The SMILES string of the molecule is COCCOC1CCC(C(C)(C)C)C(F)C1. The molecular formula is C13H25FO2. The van der Waals surface area contributed by atoms with Gasteiger partial charge in [-0.2, -0.15) is 0 Å². The fourth-order valence-corrected chi connectivity index (χ4v) is 2.50. The lowest BCUT2D eigenvalue weighted by Crippen LogP contribution is -2.38. The van der Waals surface area contributed by atoms with Gasteiger partial charge in [-0.3, -0.25) is 0 Å². The standard InChI is InChI=1S/C13H25FO2/c1-13(2,3)11-6-5-10(9-12(11)14)16-8-7-15-4/h10-12H,5-9H2,1-4H3. The van der Waals surface area contributed by atoms with Crippen LogP contribution in [-0.4, -0.2) is 32.6 Å². The summed E-state index contributed by atoms with van der Waals surface area (Å²) in [4.78, 5) is 0. The summed E-state index contributed by atoms with van der Waals surface area (Å²) in [5.41, 5.74) is 0.0664. The van der Waals surface area contributed by atoms with E-state index >= 15 is 0 Å². The Hall–Kier alpha value is -0.150. The highest BCUT2D eigenvalue weighted by Crippen LogP contribution is 2.40. The van der Waals surface area contributed by atoms with E-state index in [2.05, 4.69) is 20.8 Å². The van der Waals surface area contributed by atoms with E-state index in [4.69, 9.17) is 9.47 Å². The zero-order chi connectivity index (χ0) is 12.2. The van der Waals surface area contributed by atoms with Gasteiger partial charge in [0.1, 0.15) is 6.17 Å². The fraction of sp³-hybridized carbons (Fsp3) is 1.00. The van der Waals surface area contributed by atoms with Crippen molar-refractivity contribution in [1.82, 2.24) is 0 Å². The van der Waals surface area contributed by atoms with E-state index < -0.39 is 6.17 Å². The van der Waals surface area contributed by atoms with Crippen LogP contribution in [0.1, 0.15) is 40.0 Å². The van der Waals surface area contributed by atoms with Gasteiger partial charge in [-0.25, -0.2) is 4.39 Å². The van der Waals surface area contributed by atoms with Crippen LogP contribution < -0.4 is 0 Å². The molecule has 1 rings (SSSR count). The highest BCUT2D eigenvalue weighted by molar-refractivity contribution is 4.87. The van der Waals surface area contributed by atoms with Gasteiger partial charge in [-0.15, -0.1) is 0 Å². The van der Waals surface area contributed by atoms with Crippen molar-refractivity contribution in [2.75, 3.05) is 20.3 Å². The maximum Gasteiger partial charge on any atom is 0.106 e. The van der Waals surface area contributed by atoms with Crippen molar-refractivity contribution < 1.29 is 13.9 Å². The van der Waals surface area contributed by atoms with Gasteiger partial charge in [0.2, 0.25) is 0 Å². The van der Waals surface area contributed by atoms with Crippen LogP contribution in [0.5, 0.6) is 0 Å². The van der Waals surface area contributed by atoms with Crippen molar-refractivity contribution >= 4 is 0 Å². The third-order valence-electron chi connectivity index (χ3n) is 3.48. The number of hydrogen-bond donors (Lipinski definition) is 0. The average Bonchev–Trinajstić information content (AvgIpc) is 2.16. The number of halogens is 1. The number of ether oxygens (including phenoxy) is 2. The summed E-state index contributed by atoms with van der Waals surface area (Å²) >= 11 is 0. The second-order valence-electron chi connectivity index (χ2n) is 5.79. The Morgan fingerprint density at radius 3 is 2.38 bits per heavy atom. The van der Waals surface area contributed by atoms with Crippen LogP contribution in [0, 0.1) is 11.3 Å². The Balaban J connectivity index is 2.34. The van der Waals surface area contributed by atoms with Crippen LogP contribution in [0.15, 0.2) is 0 Å². The maximum atomic E-state index is 14.0. The molecule has 16 heavy (non-hydrogen) atoms. The zero-order valence-corrected chi connectivity index (χ0v) is 11.0.